The molecule has 3 heterocycles. The van der Waals surface area contributed by atoms with E-state index in [4.69, 9.17) is 0 Å². The van der Waals surface area contributed by atoms with Crippen molar-refractivity contribution in [3.8, 4) is 0 Å². The molecule has 0 radical (unpaired) electrons. The lowest BCUT2D eigenvalue weighted by Gasteiger charge is -2.17. The van der Waals surface area contributed by atoms with Crippen molar-refractivity contribution in [1.29, 1.82) is 0 Å². The summed E-state index contributed by atoms with van der Waals surface area (Å²) in [5.74, 6) is 0.606. The Bertz CT molecular complexity index is 1050. The van der Waals surface area contributed by atoms with Crippen LogP contribution < -0.4 is 10.5 Å². The lowest BCUT2D eigenvalue weighted by Crippen LogP contribution is -2.23. The van der Waals surface area contributed by atoms with Crippen molar-refractivity contribution < 1.29 is 4.79 Å². The molecule has 4 rings (SSSR count). The first kappa shape index (κ1) is 17.4. The van der Waals surface area contributed by atoms with Gasteiger partial charge in [-0.2, -0.15) is 0 Å². The molecule has 0 bridgehead atoms. The van der Waals surface area contributed by atoms with Crippen molar-refractivity contribution in [2.45, 2.75) is 39.7 Å². The van der Waals surface area contributed by atoms with Crippen LogP contribution in [0.15, 0.2) is 16.5 Å². The van der Waals surface area contributed by atoms with Crippen LogP contribution in [0.3, 0.4) is 0 Å². The summed E-state index contributed by atoms with van der Waals surface area (Å²) in [7, 11) is 1.70. The van der Waals surface area contributed by atoms with E-state index in [1.54, 1.807) is 29.3 Å². The summed E-state index contributed by atoms with van der Waals surface area (Å²) in [6.07, 6.45) is 4.74. The maximum Gasteiger partial charge on any atom is 0.262 e. The summed E-state index contributed by atoms with van der Waals surface area (Å²) in [6, 6.07) is 0. The highest BCUT2D eigenvalue weighted by Crippen LogP contribution is 2.35. The monoisotopic (exact) mass is 388 g/mol. The third-order valence-corrected chi connectivity index (χ3v) is 7.04. The van der Waals surface area contributed by atoms with Crippen LogP contribution in [0.2, 0.25) is 0 Å². The third-order valence-electron chi connectivity index (χ3n) is 4.91. The third kappa shape index (κ3) is 2.97. The summed E-state index contributed by atoms with van der Waals surface area (Å²) in [5, 5.41) is 3.31. The Morgan fingerprint density at radius 2 is 2.27 bits per heavy atom. The van der Waals surface area contributed by atoms with Gasteiger partial charge in [0.05, 0.1) is 24.0 Å². The minimum Gasteiger partial charge on any atom is -0.293 e. The molecule has 6 nitrogen and oxygen atoms in total. The van der Waals surface area contributed by atoms with Gasteiger partial charge in [-0.05, 0) is 30.7 Å². The topological polar surface area (TPSA) is 68.1 Å². The number of thiazole rings is 1. The summed E-state index contributed by atoms with van der Waals surface area (Å²) >= 11 is 3.06. The van der Waals surface area contributed by atoms with Gasteiger partial charge in [-0.1, -0.05) is 6.92 Å². The molecule has 0 saturated heterocycles. The van der Waals surface area contributed by atoms with Gasteiger partial charge in [-0.3, -0.25) is 19.1 Å². The summed E-state index contributed by atoms with van der Waals surface area (Å²) < 4.78 is 1.62. The second-order valence-electron chi connectivity index (χ2n) is 6.91. The van der Waals surface area contributed by atoms with Gasteiger partial charge in [0.1, 0.15) is 4.83 Å². The SMILES string of the molecule is CC(=O)N(C)c1nc(Cn2cnc3sc4c(c3c2=O)CCC(C)C4)cs1. The first-order valence-electron chi connectivity index (χ1n) is 8.62. The summed E-state index contributed by atoms with van der Waals surface area (Å²) in [6.45, 7) is 4.13. The van der Waals surface area contributed by atoms with Gasteiger partial charge < -0.3 is 0 Å². The van der Waals surface area contributed by atoms with Crippen LogP contribution in [-0.4, -0.2) is 27.5 Å². The Labute approximate surface area is 159 Å². The molecule has 0 aliphatic heterocycles. The number of thiophene rings is 1. The van der Waals surface area contributed by atoms with Gasteiger partial charge in [0, 0.05) is 24.2 Å². The number of aromatic nitrogens is 3. The van der Waals surface area contributed by atoms with Crippen LogP contribution in [0.4, 0.5) is 5.13 Å². The predicted molar refractivity (Wildman–Crippen MR) is 105 cm³/mol. The van der Waals surface area contributed by atoms with E-state index in [2.05, 4.69) is 16.9 Å². The zero-order valence-electron chi connectivity index (χ0n) is 15.0. The number of anilines is 1. The molecule has 1 aliphatic carbocycles. The highest BCUT2D eigenvalue weighted by molar-refractivity contribution is 7.18. The van der Waals surface area contributed by atoms with E-state index in [0.717, 1.165) is 35.2 Å². The zero-order valence-corrected chi connectivity index (χ0v) is 16.6. The molecule has 3 aromatic heterocycles. The van der Waals surface area contributed by atoms with E-state index in [-0.39, 0.29) is 11.5 Å². The summed E-state index contributed by atoms with van der Waals surface area (Å²) in [5.41, 5.74) is 1.97. The van der Waals surface area contributed by atoms with Crippen molar-refractivity contribution >= 4 is 43.9 Å². The van der Waals surface area contributed by atoms with Gasteiger partial charge >= 0.3 is 0 Å². The number of hydrogen-bond donors (Lipinski definition) is 0. The second-order valence-corrected chi connectivity index (χ2v) is 8.83. The fourth-order valence-electron chi connectivity index (χ4n) is 3.31. The van der Waals surface area contributed by atoms with E-state index in [1.807, 2.05) is 5.38 Å². The number of hydrogen-bond acceptors (Lipinski definition) is 6. The number of aryl methyl sites for hydroxylation is 1. The molecule has 1 atom stereocenters. The quantitative estimate of drug-likeness (QED) is 0.691. The highest BCUT2D eigenvalue weighted by Gasteiger charge is 2.23. The predicted octanol–water partition coefficient (Wildman–Crippen LogP) is 3.07. The summed E-state index contributed by atoms with van der Waals surface area (Å²) in [4.78, 5) is 37.2. The number of carbonyl (C=O) groups is 1. The van der Waals surface area contributed by atoms with Crippen LogP contribution in [0.25, 0.3) is 10.2 Å². The molecule has 8 heteroatoms. The van der Waals surface area contributed by atoms with Gasteiger partial charge in [0.2, 0.25) is 5.91 Å². The molecule has 26 heavy (non-hydrogen) atoms. The van der Waals surface area contributed by atoms with Crippen molar-refractivity contribution in [2.75, 3.05) is 11.9 Å². The molecule has 1 aliphatic rings. The van der Waals surface area contributed by atoms with Crippen LogP contribution in [-0.2, 0) is 24.2 Å². The van der Waals surface area contributed by atoms with Crippen molar-refractivity contribution in [3.63, 3.8) is 0 Å². The number of nitrogens with zero attached hydrogens (tertiary/aromatic N) is 4. The van der Waals surface area contributed by atoms with Crippen LogP contribution >= 0.6 is 22.7 Å². The van der Waals surface area contributed by atoms with Gasteiger partial charge in [0.25, 0.3) is 5.56 Å². The van der Waals surface area contributed by atoms with Gasteiger partial charge in [0.15, 0.2) is 5.13 Å². The lowest BCUT2D eigenvalue weighted by atomic mass is 9.89. The van der Waals surface area contributed by atoms with E-state index >= 15 is 0 Å². The molecule has 1 unspecified atom stereocenters. The Balaban J connectivity index is 1.69. The zero-order chi connectivity index (χ0) is 18.4. The molecule has 0 spiro atoms. The fourth-order valence-corrected chi connectivity index (χ4v) is 5.48. The van der Waals surface area contributed by atoms with Crippen LogP contribution in [0.1, 0.15) is 36.4 Å². The largest absolute Gasteiger partial charge is 0.293 e. The first-order valence-corrected chi connectivity index (χ1v) is 10.3. The van der Waals surface area contributed by atoms with Gasteiger partial charge in [-0.15, -0.1) is 22.7 Å². The standard InChI is InChI=1S/C18H20N4O2S2/c1-10-4-5-13-14(6-10)26-16-15(13)17(24)22(9-19-16)7-12-8-25-18(20-12)21(3)11(2)23/h8-10H,4-7H2,1-3H3. The normalized spacial score (nSPS) is 16.7. The number of amides is 1. The van der Waals surface area contributed by atoms with E-state index < -0.39 is 0 Å². The molecule has 1 amide bonds. The van der Waals surface area contributed by atoms with Crippen LogP contribution in [0.5, 0.6) is 0 Å². The molecule has 0 aromatic carbocycles. The minimum atomic E-state index is -0.0646. The second kappa shape index (κ2) is 6.59. The number of carbonyl (C=O) groups excluding carboxylic acids is 1. The minimum absolute atomic E-state index is 0.0107. The van der Waals surface area contributed by atoms with Gasteiger partial charge in [-0.25, -0.2) is 9.97 Å². The molecule has 136 valence electrons. The van der Waals surface area contributed by atoms with E-state index in [0.29, 0.717) is 17.6 Å². The van der Waals surface area contributed by atoms with E-state index in [9.17, 15) is 9.59 Å². The molecule has 0 N–H and O–H groups in total. The smallest absolute Gasteiger partial charge is 0.262 e. The molecule has 0 saturated carbocycles. The Morgan fingerprint density at radius 3 is 3.04 bits per heavy atom. The molecule has 0 fully saturated rings. The average Bonchev–Trinajstić information content (AvgIpc) is 3.20. The lowest BCUT2D eigenvalue weighted by molar-refractivity contribution is -0.116. The molecular formula is C18H20N4O2S2. The molecule has 3 aromatic rings. The Kier molecular flexibility index (Phi) is 4.40. The Morgan fingerprint density at radius 1 is 1.46 bits per heavy atom. The Hall–Kier alpha value is -2.06. The van der Waals surface area contributed by atoms with E-state index in [1.165, 1.54) is 33.6 Å². The first-order chi connectivity index (χ1) is 12.4. The van der Waals surface area contributed by atoms with Crippen molar-refractivity contribution in [1.82, 2.24) is 14.5 Å². The highest BCUT2D eigenvalue weighted by atomic mass is 32.1. The molecular weight excluding hydrogens is 368 g/mol. The fraction of sp³-hybridized carbons (Fsp3) is 0.444. The number of rotatable bonds is 3. The van der Waals surface area contributed by atoms with Crippen LogP contribution in [0, 0.1) is 5.92 Å². The maximum atomic E-state index is 13.0. The van der Waals surface area contributed by atoms with Crippen molar-refractivity contribution in [2.24, 2.45) is 5.92 Å². The average molecular weight is 389 g/mol. The number of fused-ring (bicyclic) bond motifs is 3. The van der Waals surface area contributed by atoms with Crippen molar-refractivity contribution in [3.05, 3.63) is 38.2 Å². The maximum absolute atomic E-state index is 13.0.